The van der Waals surface area contributed by atoms with Crippen LogP contribution in [0.4, 0.5) is 0 Å². The summed E-state index contributed by atoms with van der Waals surface area (Å²) in [7, 11) is 0. The molecule has 2 unspecified atom stereocenters. The molecule has 0 saturated heterocycles. The molecule has 13 heavy (non-hydrogen) atoms. The van der Waals surface area contributed by atoms with E-state index in [-0.39, 0.29) is 6.10 Å². The predicted octanol–water partition coefficient (Wildman–Crippen LogP) is 1.27. The van der Waals surface area contributed by atoms with Crippen LogP contribution in [0.2, 0.25) is 0 Å². The molecule has 0 aromatic rings. The molecule has 0 aromatic heterocycles. The third-order valence-corrected chi connectivity index (χ3v) is 1.96. The van der Waals surface area contributed by atoms with E-state index in [4.69, 9.17) is 21.4 Å². The van der Waals surface area contributed by atoms with Gasteiger partial charge in [0.05, 0.1) is 12.0 Å². The van der Waals surface area contributed by atoms with Crippen LogP contribution in [0.3, 0.4) is 0 Å². The van der Waals surface area contributed by atoms with Crippen LogP contribution < -0.4 is 0 Å². The van der Waals surface area contributed by atoms with Gasteiger partial charge in [-0.2, -0.15) is 0 Å². The molecule has 0 fully saturated rings. The summed E-state index contributed by atoms with van der Waals surface area (Å²) in [6, 6.07) is 0. The number of carboxylic acids is 1. The fraction of sp³-hybridized carbons (Fsp3) is 0.750. The third kappa shape index (κ3) is 4.12. The summed E-state index contributed by atoms with van der Waals surface area (Å²) in [6.07, 6.45) is -0.283. The van der Waals surface area contributed by atoms with Crippen molar-refractivity contribution < 1.29 is 19.4 Å². The van der Waals surface area contributed by atoms with Crippen molar-refractivity contribution in [3.63, 3.8) is 0 Å². The first kappa shape index (κ1) is 12.2. The van der Waals surface area contributed by atoms with Crippen molar-refractivity contribution in [3.8, 4) is 0 Å². The van der Waals surface area contributed by atoms with Gasteiger partial charge in [0.1, 0.15) is 5.38 Å². The van der Waals surface area contributed by atoms with Crippen LogP contribution in [0, 0.1) is 5.92 Å². The molecule has 0 saturated carbocycles. The minimum absolute atomic E-state index is 0.283. The van der Waals surface area contributed by atoms with Gasteiger partial charge < -0.3 is 9.84 Å². The molecular weight excluding hydrogens is 196 g/mol. The molecule has 76 valence electrons. The Labute approximate surface area is 81.8 Å². The lowest BCUT2D eigenvalue weighted by Gasteiger charge is -2.14. The Balaban J connectivity index is 4.17. The monoisotopic (exact) mass is 208 g/mol. The number of ether oxygens (including phenoxy) is 1. The summed E-state index contributed by atoms with van der Waals surface area (Å²) >= 11 is 5.57. The van der Waals surface area contributed by atoms with Gasteiger partial charge in [0.15, 0.2) is 0 Å². The average Bonchev–Trinajstić information content (AvgIpc) is 2.00. The van der Waals surface area contributed by atoms with E-state index in [1.165, 1.54) is 6.92 Å². The molecule has 5 heteroatoms. The van der Waals surface area contributed by atoms with Crippen LogP contribution >= 0.6 is 11.6 Å². The smallest absolute Gasteiger partial charge is 0.325 e. The molecule has 1 N–H and O–H groups in total. The van der Waals surface area contributed by atoms with E-state index in [2.05, 4.69) is 0 Å². The maximum Gasteiger partial charge on any atom is 0.325 e. The molecule has 0 heterocycles. The third-order valence-electron chi connectivity index (χ3n) is 1.41. The van der Waals surface area contributed by atoms with Crippen molar-refractivity contribution in [1.82, 2.24) is 0 Å². The standard InChI is InChI=1S/C8H13ClO4/c1-4(2)13-8(12)6(9)5(3)7(10)11/h4-6H,1-3H3,(H,10,11). The first-order chi connectivity index (χ1) is 5.86. The lowest BCUT2D eigenvalue weighted by molar-refractivity contribution is -0.153. The van der Waals surface area contributed by atoms with Crippen LogP contribution in [0.25, 0.3) is 0 Å². The first-order valence-corrected chi connectivity index (χ1v) is 4.37. The molecule has 0 bridgehead atoms. The minimum atomic E-state index is -1.13. The normalized spacial score (nSPS) is 15.2. The number of carboxylic acid groups (broad SMARTS) is 1. The maximum absolute atomic E-state index is 11.1. The number of carbonyl (C=O) groups is 2. The topological polar surface area (TPSA) is 63.6 Å². The fourth-order valence-electron chi connectivity index (χ4n) is 0.627. The molecular formula is C8H13ClO4. The summed E-state index contributed by atoms with van der Waals surface area (Å²) in [5.41, 5.74) is 0. The summed E-state index contributed by atoms with van der Waals surface area (Å²) in [5.74, 6) is -2.74. The van der Waals surface area contributed by atoms with Gasteiger partial charge in [-0.25, -0.2) is 0 Å². The highest BCUT2D eigenvalue weighted by molar-refractivity contribution is 6.31. The van der Waals surface area contributed by atoms with Crippen molar-refractivity contribution in [2.24, 2.45) is 5.92 Å². The number of aliphatic carboxylic acids is 1. The van der Waals surface area contributed by atoms with E-state index in [1.54, 1.807) is 13.8 Å². The number of alkyl halides is 1. The fourth-order valence-corrected chi connectivity index (χ4v) is 0.786. The molecule has 4 nitrogen and oxygen atoms in total. The van der Waals surface area contributed by atoms with Gasteiger partial charge in [-0.1, -0.05) is 0 Å². The van der Waals surface area contributed by atoms with Crippen molar-refractivity contribution >= 4 is 23.5 Å². The van der Waals surface area contributed by atoms with Crippen molar-refractivity contribution in [2.75, 3.05) is 0 Å². The second kappa shape index (κ2) is 5.07. The lowest BCUT2D eigenvalue weighted by Crippen LogP contribution is -2.31. The van der Waals surface area contributed by atoms with Gasteiger partial charge >= 0.3 is 11.9 Å². The Bertz CT molecular complexity index is 202. The molecule has 0 aliphatic heterocycles. The molecule has 0 amide bonds. The van der Waals surface area contributed by atoms with Gasteiger partial charge in [-0.3, -0.25) is 9.59 Å². The summed E-state index contributed by atoms with van der Waals surface area (Å²) in [4.78, 5) is 21.5. The zero-order valence-electron chi connectivity index (χ0n) is 7.78. The van der Waals surface area contributed by atoms with Crippen LogP contribution in [0.5, 0.6) is 0 Å². The number of hydrogen-bond donors (Lipinski definition) is 1. The van der Waals surface area contributed by atoms with Crippen molar-refractivity contribution in [3.05, 3.63) is 0 Å². The Morgan fingerprint density at radius 2 is 1.77 bits per heavy atom. The first-order valence-electron chi connectivity index (χ1n) is 3.93. The van der Waals surface area contributed by atoms with Crippen molar-refractivity contribution in [1.29, 1.82) is 0 Å². The van der Waals surface area contributed by atoms with E-state index < -0.39 is 23.2 Å². The molecule has 0 radical (unpaired) electrons. The van der Waals surface area contributed by atoms with Gasteiger partial charge in [0.2, 0.25) is 0 Å². The van der Waals surface area contributed by atoms with E-state index in [0.29, 0.717) is 0 Å². The number of hydrogen-bond acceptors (Lipinski definition) is 3. The molecule has 0 aromatic carbocycles. The number of halogens is 1. The summed E-state index contributed by atoms with van der Waals surface area (Å²) in [6.45, 7) is 4.71. The van der Waals surface area contributed by atoms with Gasteiger partial charge in [0, 0.05) is 0 Å². The SMILES string of the molecule is CC(C)OC(=O)C(Cl)C(C)C(=O)O. The molecule has 0 rings (SSSR count). The lowest BCUT2D eigenvalue weighted by atomic mass is 10.1. The Kier molecular flexibility index (Phi) is 4.77. The van der Waals surface area contributed by atoms with Gasteiger partial charge in [0.25, 0.3) is 0 Å². The van der Waals surface area contributed by atoms with E-state index >= 15 is 0 Å². The zero-order valence-corrected chi connectivity index (χ0v) is 8.54. The van der Waals surface area contributed by atoms with E-state index in [1.807, 2.05) is 0 Å². The zero-order chi connectivity index (χ0) is 10.6. The van der Waals surface area contributed by atoms with Gasteiger partial charge in [-0.15, -0.1) is 11.6 Å². The second-order valence-electron chi connectivity index (χ2n) is 3.01. The van der Waals surface area contributed by atoms with E-state index in [0.717, 1.165) is 0 Å². The quantitative estimate of drug-likeness (QED) is 0.558. The summed E-state index contributed by atoms with van der Waals surface area (Å²) < 4.78 is 4.75. The Morgan fingerprint density at radius 1 is 1.31 bits per heavy atom. The highest BCUT2D eigenvalue weighted by atomic mass is 35.5. The molecule has 0 aliphatic carbocycles. The average molecular weight is 209 g/mol. The number of carbonyl (C=O) groups excluding carboxylic acids is 1. The highest BCUT2D eigenvalue weighted by Crippen LogP contribution is 2.13. The minimum Gasteiger partial charge on any atom is -0.481 e. The Hall–Kier alpha value is -0.770. The molecule has 0 spiro atoms. The predicted molar refractivity (Wildman–Crippen MR) is 47.7 cm³/mol. The molecule has 0 aliphatic rings. The van der Waals surface area contributed by atoms with Crippen LogP contribution in [-0.4, -0.2) is 28.5 Å². The summed E-state index contributed by atoms with van der Waals surface area (Å²) in [5, 5.41) is 7.42. The van der Waals surface area contributed by atoms with Gasteiger partial charge in [-0.05, 0) is 20.8 Å². The van der Waals surface area contributed by atoms with Crippen LogP contribution in [0.1, 0.15) is 20.8 Å². The van der Waals surface area contributed by atoms with Crippen LogP contribution in [-0.2, 0) is 14.3 Å². The number of rotatable bonds is 4. The van der Waals surface area contributed by atoms with E-state index in [9.17, 15) is 9.59 Å². The maximum atomic E-state index is 11.1. The second-order valence-corrected chi connectivity index (χ2v) is 3.48. The van der Waals surface area contributed by atoms with Crippen LogP contribution in [0.15, 0.2) is 0 Å². The highest BCUT2D eigenvalue weighted by Gasteiger charge is 2.29. The Morgan fingerprint density at radius 3 is 2.08 bits per heavy atom. The van der Waals surface area contributed by atoms with Crippen molar-refractivity contribution in [2.45, 2.75) is 32.3 Å². The number of esters is 1. The molecule has 2 atom stereocenters. The largest absolute Gasteiger partial charge is 0.481 e.